The fourth-order valence-corrected chi connectivity index (χ4v) is 3.44. The standard InChI is InChI=1S/C19H20N2O4/c1-23-15-7-8-17(24-2)19-12(15)9-21(10-14(19)22)11-18-20-13-5-3-4-6-16(13)25-18/h3-8,14,22H,9-11H2,1-2H3. The van der Waals surface area contributed by atoms with E-state index in [0.717, 1.165) is 28.0 Å². The first-order valence-corrected chi connectivity index (χ1v) is 8.18. The zero-order valence-electron chi connectivity index (χ0n) is 14.2. The van der Waals surface area contributed by atoms with E-state index in [-0.39, 0.29) is 0 Å². The first-order valence-electron chi connectivity index (χ1n) is 8.18. The van der Waals surface area contributed by atoms with Crippen LogP contribution in [0.15, 0.2) is 40.8 Å². The molecule has 0 bridgehead atoms. The van der Waals surface area contributed by atoms with Crippen molar-refractivity contribution in [3.05, 3.63) is 53.4 Å². The maximum Gasteiger partial charge on any atom is 0.209 e. The summed E-state index contributed by atoms with van der Waals surface area (Å²) in [6, 6.07) is 11.4. The van der Waals surface area contributed by atoms with E-state index >= 15 is 0 Å². The number of β-amino-alcohol motifs (C(OH)–C–C–N with tert-alkyl or cyclic N) is 1. The van der Waals surface area contributed by atoms with Crippen molar-refractivity contribution in [2.45, 2.75) is 19.2 Å². The van der Waals surface area contributed by atoms with E-state index in [1.165, 1.54) is 0 Å². The van der Waals surface area contributed by atoms with Crippen LogP contribution < -0.4 is 9.47 Å². The maximum atomic E-state index is 10.7. The van der Waals surface area contributed by atoms with Gasteiger partial charge in [0.25, 0.3) is 0 Å². The van der Waals surface area contributed by atoms with Gasteiger partial charge in [0.15, 0.2) is 5.58 Å². The second kappa shape index (κ2) is 6.38. The zero-order chi connectivity index (χ0) is 17.4. The molecule has 1 N–H and O–H groups in total. The van der Waals surface area contributed by atoms with Crippen molar-refractivity contribution in [3.8, 4) is 11.5 Å². The van der Waals surface area contributed by atoms with Crippen LogP contribution in [-0.4, -0.2) is 35.8 Å². The number of benzene rings is 2. The summed E-state index contributed by atoms with van der Waals surface area (Å²) >= 11 is 0. The Morgan fingerprint density at radius 1 is 1.16 bits per heavy atom. The number of aromatic nitrogens is 1. The van der Waals surface area contributed by atoms with Crippen molar-refractivity contribution >= 4 is 11.1 Å². The minimum Gasteiger partial charge on any atom is -0.496 e. The minimum absolute atomic E-state index is 0.481. The van der Waals surface area contributed by atoms with Gasteiger partial charge in [0, 0.05) is 24.2 Å². The third-order valence-electron chi connectivity index (χ3n) is 4.56. The summed E-state index contributed by atoms with van der Waals surface area (Å²) in [6.45, 7) is 1.63. The van der Waals surface area contributed by atoms with Gasteiger partial charge >= 0.3 is 0 Å². The molecule has 0 aliphatic carbocycles. The van der Waals surface area contributed by atoms with E-state index in [1.807, 2.05) is 36.4 Å². The molecule has 2 aromatic carbocycles. The third-order valence-corrected chi connectivity index (χ3v) is 4.56. The number of rotatable bonds is 4. The third kappa shape index (κ3) is 2.83. The number of ether oxygens (including phenoxy) is 2. The lowest BCUT2D eigenvalue weighted by Crippen LogP contribution is -2.33. The molecule has 2 heterocycles. The molecule has 1 aromatic heterocycles. The molecule has 0 amide bonds. The van der Waals surface area contributed by atoms with Gasteiger partial charge in [0.2, 0.25) is 5.89 Å². The molecule has 25 heavy (non-hydrogen) atoms. The highest BCUT2D eigenvalue weighted by atomic mass is 16.5. The monoisotopic (exact) mass is 340 g/mol. The number of aliphatic hydroxyl groups is 1. The zero-order valence-corrected chi connectivity index (χ0v) is 14.2. The summed E-state index contributed by atoms with van der Waals surface area (Å²) in [4.78, 5) is 6.62. The van der Waals surface area contributed by atoms with Gasteiger partial charge in [-0.3, -0.25) is 4.90 Å². The molecule has 1 unspecified atom stereocenters. The predicted molar refractivity (Wildman–Crippen MR) is 92.6 cm³/mol. The van der Waals surface area contributed by atoms with Crippen LogP contribution in [-0.2, 0) is 13.1 Å². The average molecular weight is 340 g/mol. The SMILES string of the molecule is COc1ccc(OC)c2c1CN(Cc1nc3ccccc3o1)CC2O. The van der Waals surface area contributed by atoms with Gasteiger partial charge in [-0.15, -0.1) is 0 Å². The lowest BCUT2D eigenvalue weighted by atomic mass is 9.95. The van der Waals surface area contributed by atoms with Crippen LogP contribution in [0.1, 0.15) is 23.1 Å². The van der Waals surface area contributed by atoms with Gasteiger partial charge in [0.1, 0.15) is 17.0 Å². The van der Waals surface area contributed by atoms with Gasteiger partial charge in [0.05, 0.1) is 26.9 Å². The van der Waals surface area contributed by atoms with E-state index in [0.29, 0.717) is 31.3 Å². The van der Waals surface area contributed by atoms with Crippen LogP contribution >= 0.6 is 0 Å². The van der Waals surface area contributed by atoms with Crippen molar-refractivity contribution < 1.29 is 19.0 Å². The molecular weight excluding hydrogens is 320 g/mol. The van der Waals surface area contributed by atoms with Crippen molar-refractivity contribution in [2.24, 2.45) is 0 Å². The topological polar surface area (TPSA) is 68.0 Å². The molecule has 0 fully saturated rings. The molecule has 6 heteroatoms. The molecule has 3 aromatic rings. The maximum absolute atomic E-state index is 10.7. The van der Waals surface area contributed by atoms with Crippen molar-refractivity contribution in [1.29, 1.82) is 0 Å². The smallest absolute Gasteiger partial charge is 0.209 e. The van der Waals surface area contributed by atoms with Crippen LogP contribution in [0.2, 0.25) is 0 Å². The Hall–Kier alpha value is -2.57. The van der Waals surface area contributed by atoms with E-state index in [2.05, 4.69) is 9.88 Å². The summed E-state index contributed by atoms with van der Waals surface area (Å²) in [5, 5.41) is 10.7. The summed E-state index contributed by atoms with van der Waals surface area (Å²) in [7, 11) is 3.24. The van der Waals surface area contributed by atoms with Crippen molar-refractivity contribution in [2.75, 3.05) is 20.8 Å². The quantitative estimate of drug-likeness (QED) is 0.788. The van der Waals surface area contributed by atoms with Crippen molar-refractivity contribution in [1.82, 2.24) is 9.88 Å². The number of fused-ring (bicyclic) bond motifs is 2. The lowest BCUT2D eigenvalue weighted by molar-refractivity contribution is 0.0796. The fourth-order valence-electron chi connectivity index (χ4n) is 3.44. The highest BCUT2D eigenvalue weighted by molar-refractivity contribution is 5.72. The molecule has 0 saturated heterocycles. The number of para-hydroxylation sites is 2. The van der Waals surface area contributed by atoms with E-state index in [4.69, 9.17) is 13.9 Å². The summed E-state index contributed by atoms with van der Waals surface area (Å²) in [5.74, 6) is 2.07. The Morgan fingerprint density at radius 3 is 2.68 bits per heavy atom. The Labute approximate surface area is 145 Å². The van der Waals surface area contributed by atoms with Crippen LogP contribution in [0.4, 0.5) is 0 Å². The Morgan fingerprint density at radius 2 is 1.92 bits per heavy atom. The summed E-state index contributed by atoms with van der Waals surface area (Å²) in [5.41, 5.74) is 3.36. The normalized spacial score (nSPS) is 17.5. The molecule has 4 rings (SSSR count). The molecule has 1 aliphatic rings. The first kappa shape index (κ1) is 15.9. The van der Waals surface area contributed by atoms with Gasteiger partial charge in [-0.05, 0) is 24.3 Å². The average Bonchev–Trinajstić information content (AvgIpc) is 3.02. The Kier molecular flexibility index (Phi) is 4.07. The van der Waals surface area contributed by atoms with Gasteiger partial charge in [-0.2, -0.15) is 0 Å². The number of hydrogen-bond donors (Lipinski definition) is 1. The molecule has 0 spiro atoms. The van der Waals surface area contributed by atoms with E-state index in [9.17, 15) is 5.11 Å². The van der Waals surface area contributed by atoms with Crippen molar-refractivity contribution in [3.63, 3.8) is 0 Å². The Bertz CT molecular complexity index is 873. The molecule has 1 aliphatic heterocycles. The summed E-state index contributed by atoms with van der Waals surface area (Å²) in [6.07, 6.45) is -0.654. The lowest BCUT2D eigenvalue weighted by Gasteiger charge is -2.33. The molecule has 6 nitrogen and oxygen atoms in total. The highest BCUT2D eigenvalue weighted by Gasteiger charge is 2.30. The first-order chi connectivity index (χ1) is 12.2. The second-order valence-corrected chi connectivity index (χ2v) is 6.12. The van der Waals surface area contributed by atoms with Gasteiger partial charge in [-0.25, -0.2) is 4.98 Å². The van der Waals surface area contributed by atoms with Crippen LogP contribution in [0.25, 0.3) is 11.1 Å². The molecule has 0 saturated carbocycles. The van der Waals surface area contributed by atoms with Gasteiger partial charge in [-0.1, -0.05) is 12.1 Å². The minimum atomic E-state index is -0.654. The van der Waals surface area contributed by atoms with Crippen LogP contribution in [0.5, 0.6) is 11.5 Å². The molecular formula is C19H20N2O4. The number of aliphatic hydroxyl groups excluding tert-OH is 1. The van der Waals surface area contributed by atoms with Gasteiger partial charge < -0.3 is 19.0 Å². The largest absolute Gasteiger partial charge is 0.496 e. The molecule has 130 valence electrons. The van der Waals surface area contributed by atoms with E-state index < -0.39 is 6.10 Å². The number of hydrogen-bond acceptors (Lipinski definition) is 6. The second-order valence-electron chi connectivity index (χ2n) is 6.12. The molecule has 0 radical (unpaired) electrons. The predicted octanol–water partition coefficient (Wildman–Crippen LogP) is 2.89. The highest BCUT2D eigenvalue weighted by Crippen LogP contribution is 2.39. The van der Waals surface area contributed by atoms with Crippen LogP contribution in [0, 0.1) is 0 Å². The molecule has 1 atom stereocenters. The number of nitrogens with zero attached hydrogens (tertiary/aromatic N) is 2. The number of methoxy groups -OCH3 is 2. The number of oxazole rings is 1. The summed E-state index contributed by atoms with van der Waals surface area (Å²) < 4.78 is 16.7. The Balaban J connectivity index is 1.64. The van der Waals surface area contributed by atoms with Crippen LogP contribution in [0.3, 0.4) is 0 Å². The fraction of sp³-hybridized carbons (Fsp3) is 0.316. The van der Waals surface area contributed by atoms with E-state index in [1.54, 1.807) is 14.2 Å².